The smallest absolute Gasteiger partial charge is 0.142 e. The summed E-state index contributed by atoms with van der Waals surface area (Å²) in [6.45, 7) is 1.28. The average molecular weight is 211 g/mol. The van der Waals surface area contributed by atoms with Gasteiger partial charge in [0, 0.05) is 12.7 Å². The molecule has 0 aliphatic carbocycles. The van der Waals surface area contributed by atoms with Gasteiger partial charge in [0.15, 0.2) is 0 Å². The molecule has 3 nitrogen and oxygen atoms in total. The average Bonchev–Trinajstić information content (AvgIpc) is 2.69. The summed E-state index contributed by atoms with van der Waals surface area (Å²) in [6, 6.07) is 4.13. The normalized spacial score (nSPS) is 20.5. The van der Waals surface area contributed by atoms with E-state index in [1.807, 2.05) is 0 Å². The Bertz CT molecular complexity index is 337. The van der Waals surface area contributed by atoms with Gasteiger partial charge in [0.05, 0.1) is 11.8 Å². The Hall–Kier alpha value is -1.29. The van der Waals surface area contributed by atoms with Gasteiger partial charge < -0.3 is 15.2 Å². The minimum atomic E-state index is -0.350. The van der Waals surface area contributed by atoms with Gasteiger partial charge in [-0.2, -0.15) is 0 Å². The molecule has 82 valence electrons. The van der Waals surface area contributed by atoms with Crippen molar-refractivity contribution in [2.75, 3.05) is 18.9 Å². The summed E-state index contributed by atoms with van der Waals surface area (Å²) >= 11 is 0. The number of anilines is 1. The minimum Gasteiger partial charge on any atom is -0.489 e. The van der Waals surface area contributed by atoms with E-state index in [0.29, 0.717) is 18.0 Å². The third kappa shape index (κ3) is 2.59. The molecule has 1 aliphatic heterocycles. The number of benzene rings is 1. The van der Waals surface area contributed by atoms with E-state index < -0.39 is 0 Å². The Kier molecular flexibility index (Phi) is 3.06. The third-order valence-corrected chi connectivity index (χ3v) is 2.42. The first kappa shape index (κ1) is 10.2. The van der Waals surface area contributed by atoms with Crippen LogP contribution < -0.4 is 10.5 Å². The van der Waals surface area contributed by atoms with Gasteiger partial charge in [-0.25, -0.2) is 4.39 Å². The Morgan fingerprint density at radius 2 is 2.40 bits per heavy atom. The first-order valence-electron chi connectivity index (χ1n) is 5.05. The predicted octanol–water partition coefficient (Wildman–Crippen LogP) is 1.97. The molecule has 1 fully saturated rings. The fraction of sp³-hybridized carbons (Fsp3) is 0.455. The molecule has 0 bridgehead atoms. The van der Waals surface area contributed by atoms with Gasteiger partial charge in [-0.1, -0.05) is 0 Å². The van der Waals surface area contributed by atoms with Crippen LogP contribution >= 0.6 is 0 Å². The number of nitrogen functional groups attached to an aromatic ring is 1. The van der Waals surface area contributed by atoms with Crippen LogP contribution in [0.25, 0.3) is 0 Å². The van der Waals surface area contributed by atoms with E-state index in [2.05, 4.69) is 0 Å². The minimum absolute atomic E-state index is 0.148. The van der Waals surface area contributed by atoms with Gasteiger partial charge in [-0.15, -0.1) is 0 Å². The number of hydrogen-bond donors (Lipinski definition) is 1. The van der Waals surface area contributed by atoms with Gasteiger partial charge in [0.25, 0.3) is 0 Å². The fourth-order valence-electron chi connectivity index (χ4n) is 1.61. The van der Waals surface area contributed by atoms with Crippen molar-refractivity contribution < 1.29 is 13.9 Å². The molecule has 0 aromatic heterocycles. The van der Waals surface area contributed by atoms with Crippen molar-refractivity contribution in [3.05, 3.63) is 24.0 Å². The van der Waals surface area contributed by atoms with E-state index in [9.17, 15) is 4.39 Å². The first-order valence-corrected chi connectivity index (χ1v) is 5.05. The van der Waals surface area contributed by atoms with Gasteiger partial charge >= 0.3 is 0 Å². The molecular weight excluding hydrogens is 197 g/mol. The summed E-state index contributed by atoms with van der Waals surface area (Å²) in [5, 5.41) is 0. The summed E-state index contributed by atoms with van der Waals surface area (Å²) < 4.78 is 23.6. The van der Waals surface area contributed by atoms with Crippen LogP contribution in [0.5, 0.6) is 5.75 Å². The van der Waals surface area contributed by atoms with E-state index in [0.717, 1.165) is 19.4 Å². The molecule has 1 aliphatic rings. The molecule has 1 unspecified atom stereocenters. The molecule has 0 amide bonds. The van der Waals surface area contributed by atoms with Crippen LogP contribution in [0.4, 0.5) is 10.1 Å². The zero-order chi connectivity index (χ0) is 10.7. The molecule has 1 aromatic rings. The highest BCUT2D eigenvalue weighted by atomic mass is 19.1. The second-order valence-corrected chi connectivity index (χ2v) is 3.63. The van der Waals surface area contributed by atoms with Crippen molar-refractivity contribution in [3.63, 3.8) is 0 Å². The zero-order valence-corrected chi connectivity index (χ0v) is 8.41. The van der Waals surface area contributed by atoms with Crippen LogP contribution in [0.2, 0.25) is 0 Å². The molecule has 0 saturated carbocycles. The Labute approximate surface area is 88.0 Å². The van der Waals surface area contributed by atoms with E-state index >= 15 is 0 Å². The summed E-state index contributed by atoms with van der Waals surface area (Å²) in [6.07, 6.45) is 2.24. The van der Waals surface area contributed by atoms with Gasteiger partial charge in [0.2, 0.25) is 0 Å². The largest absolute Gasteiger partial charge is 0.489 e. The van der Waals surface area contributed by atoms with Crippen LogP contribution in [-0.2, 0) is 4.74 Å². The van der Waals surface area contributed by atoms with Gasteiger partial charge in [0.1, 0.15) is 18.2 Å². The summed E-state index contributed by atoms with van der Waals surface area (Å²) in [5.41, 5.74) is 5.93. The number of halogens is 1. The molecule has 2 rings (SSSR count). The van der Waals surface area contributed by atoms with Crippen LogP contribution in [0, 0.1) is 5.82 Å². The number of rotatable bonds is 3. The molecule has 4 heteroatoms. The maximum atomic E-state index is 12.7. The highest BCUT2D eigenvalue weighted by Gasteiger charge is 2.16. The predicted molar refractivity (Wildman–Crippen MR) is 55.3 cm³/mol. The molecule has 15 heavy (non-hydrogen) atoms. The highest BCUT2D eigenvalue weighted by Crippen LogP contribution is 2.23. The first-order chi connectivity index (χ1) is 7.25. The molecule has 0 spiro atoms. The van der Waals surface area contributed by atoms with Crippen molar-refractivity contribution >= 4 is 5.69 Å². The second kappa shape index (κ2) is 4.49. The molecule has 1 atom stereocenters. The topological polar surface area (TPSA) is 44.5 Å². The Morgan fingerprint density at radius 1 is 1.53 bits per heavy atom. The highest BCUT2D eigenvalue weighted by molar-refractivity contribution is 5.52. The van der Waals surface area contributed by atoms with Crippen molar-refractivity contribution in [1.82, 2.24) is 0 Å². The summed E-state index contributed by atoms with van der Waals surface area (Å²) in [4.78, 5) is 0. The molecule has 1 heterocycles. The van der Waals surface area contributed by atoms with E-state index in [1.54, 1.807) is 6.07 Å². The maximum Gasteiger partial charge on any atom is 0.142 e. The van der Waals surface area contributed by atoms with Crippen LogP contribution in [-0.4, -0.2) is 19.3 Å². The van der Waals surface area contributed by atoms with E-state index in [-0.39, 0.29) is 11.9 Å². The standard InChI is InChI=1S/C11H14FNO2/c12-8-3-4-11(10(13)6-8)15-7-9-2-1-5-14-9/h3-4,6,9H,1-2,5,7,13H2. The molecule has 1 aromatic carbocycles. The summed E-state index contributed by atoms with van der Waals surface area (Å²) in [5.74, 6) is 0.170. The SMILES string of the molecule is Nc1cc(F)ccc1OCC1CCCO1. The maximum absolute atomic E-state index is 12.7. The summed E-state index contributed by atoms with van der Waals surface area (Å²) in [7, 11) is 0. The van der Waals surface area contributed by atoms with Crippen molar-refractivity contribution in [1.29, 1.82) is 0 Å². The monoisotopic (exact) mass is 211 g/mol. The van der Waals surface area contributed by atoms with Crippen LogP contribution in [0.15, 0.2) is 18.2 Å². The molecule has 2 N–H and O–H groups in total. The van der Waals surface area contributed by atoms with Crippen molar-refractivity contribution in [3.8, 4) is 5.75 Å². The Morgan fingerprint density at radius 3 is 3.07 bits per heavy atom. The lowest BCUT2D eigenvalue weighted by Gasteiger charge is -2.12. The molecular formula is C11H14FNO2. The lowest BCUT2D eigenvalue weighted by Crippen LogP contribution is -2.16. The van der Waals surface area contributed by atoms with E-state index in [4.69, 9.17) is 15.2 Å². The Balaban J connectivity index is 1.92. The third-order valence-electron chi connectivity index (χ3n) is 2.42. The lowest BCUT2D eigenvalue weighted by atomic mass is 10.2. The fourth-order valence-corrected chi connectivity index (χ4v) is 1.61. The van der Waals surface area contributed by atoms with Crippen molar-refractivity contribution in [2.45, 2.75) is 18.9 Å². The van der Waals surface area contributed by atoms with Gasteiger partial charge in [-0.05, 0) is 25.0 Å². The number of nitrogens with two attached hydrogens (primary N) is 1. The number of ether oxygens (including phenoxy) is 2. The molecule has 0 radical (unpaired) electrons. The second-order valence-electron chi connectivity index (χ2n) is 3.63. The van der Waals surface area contributed by atoms with Crippen LogP contribution in [0.3, 0.4) is 0 Å². The lowest BCUT2D eigenvalue weighted by molar-refractivity contribution is 0.0682. The van der Waals surface area contributed by atoms with Crippen molar-refractivity contribution in [2.24, 2.45) is 0 Å². The molecule has 1 saturated heterocycles. The van der Waals surface area contributed by atoms with Crippen LogP contribution in [0.1, 0.15) is 12.8 Å². The zero-order valence-electron chi connectivity index (χ0n) is 8.41. The number of hydrogen-bond acceptors (Lipinski definition) is 3. The van der Waals surface area contributed by atoms with Gasteiger partial charge in [-0.3, -0.25) is 0 Å². The van der Waals surface area contributed by atoms with E-state index in [1.165, 1.54) is 12.1 Å². The quantitative estimate of drug-likeness (QED) is 0.777.